The minimum absolute atomic E-state index is 0.159. The lowest BCUT2D eigenvalue weighted by molar-refractivity contribution is -0.134. The van der Waals surface area contributed by atoms with Crippen LogP contribution in [0.1, 0.15) is 19.8 Å². The van der Waals surface area contributed by atoms with Gasteiger partial charge in [-0.1, -0.05) is 12.1 Å². The first-order chi connectivity index (χ1) is 15.1. The van der Waals surface area contributed by atoms with Gasteiger partial charge in [0.15, 0.2) is 5.25 Å². The van der Waals surface area contributed by atoms with Gasteiger partial charge in [0, 0.05) is 23.7 Å². The van der Waals surface area contributed by atoms with Crippen molar-refractivity contribution in [2.45, 2.75) is 29.9 Å². The maximum Gasteiger partial charge on any atom is 0.250 e. The molecule has 4 rings (SSSR count). The molecule has 2 heterocycles. The minimum Gasteiger partial charge on any atom is -0.494 e. The number of hydrogen-bond donors (Lipinski definition) is 1. The Hall–Kier alpha value is -3.00. The van der Waals surface area contributed by atoms with Gasteiger partial charge in [0.25, 0.3) is 5.91 Å². The van der Waals surface area contributed by atoms with Gasteiger partial charge in [-0.15, -0.1) is 11.8 Å². The molecular formula is C23H25N3O4S. The highest BCUT2D eigenvalue weighted by molar-refractivity contribution is 8.01. The number of amides is 3. The lowest BCUT2D eigenvalue weighted by Crippen LogP contribution is -2.51. The van der Waals surface area contributed by atoms with Crippen LogP contribution in [0.25, 0.3) is 0 Å². The fourth-order valence-corrected chi connectivity index (χ4v) is 4.97. The highest BCUT2D eigenvalue weighted by atomic mass is 32.2. The largest absolute Gasteiger partial charge is 0.494 e. The third-order valence-electron chi connectivity index (χ3n) is 5.28. The molecule has 162 valence electrons. The molecule has 1 N–H and O–H groups in total. The SMILES string of the molecule is CCOc1ccc(NC(=O)CN2C(=O)[C@H](C(=O)N3CCCC3)Sc3ccccc32)cc1. The number of nitrogens with zero attached hydrogens (tertiary/aromatic N) is 2. The number of benzene rings is 2. The molecule has 0 bridgehead atoms. The lowest BCUT2D eigenvalue weighted by atomic mass is 10.2. The van der Waals surface area contributed by atoms with E-state index in [1.54, 1.807) is 35.2 Å². The van der Waals surface area contributed by atoms with Crippen LogP contribution >= 0.6 is 11.8 Å². The number of hydrogen-bond acceptors (Lipinski definition) is 5. The molecule has 2 aromatic carbocycles. The number of likely N-dealkylation sites (tertiary alicyclic amines) is 1. The van der Waals surface area contributed by atoms with E-state index in [4.69, 9.17) is 4.74 Å². The zero-order valence-electron chi connectivity index (χ0n) is 17.4. The number of nitrogens with one attached hydrogen (secondary N) is 1. The van der Waals surface area contributed by atoms with E-state index in [9.17, 15) is 14.4 Å². The molecule has 1 saturated heterocycles. The Kier molecular flexibility index (Phi) is 6.46. The summed E-state index contributed by atoms with van der Waals surface area (Å²) in [5, 5.41) is 1.96. The van der Waals surface area contributed by atoms with E-state index < -0.39 is 5.25 Å². The number of thioether (sulfide) groups is 1. The zero-order chi connectivity index (χ0) is 21.8. The molecule has 7 nitrogen and oxygen atoms in total. The lowest BCUT2D eigenvalue weighted by Gasteiger charge is -2.34. The van der Waals surface area contributed by atoms with Crippen molar-refractivity contribution in [3.8, 4) is 5.75 Å². The van der Waals surface area contributed by atoms with Crippen molar-refractivity contribution >= 4 is 40.9 Å². The summed E-state index contributed by atoms with van der Waals surface area (Å²) in [5.41, 5.74) is 1.27. The van der Waals surface area contributed by atoms with Gasteiger partial charge >= 0.3 is 0 Å². The summed E-state index contributed by atoms with van der Waals surface area (Å²) < 4.78 is 5.41. The molecule has 8 heteroatoms. The van der Waals surface area contributed by atoms with Crippen LogP contribution in [0.4, 0.5) is 11.4 Å². The van der Waals surface area contributed by atoms with E-state index >= 15 is 0 Å². The predicted octanol–water partition coefficient (Wildman–Crippen LogP) is 3.15. The summed E-state index contributed by atoms with van der Waals surface area (Å²) in [5.74, 6) is -0.117. The Morgan fingerprint density at radius 1 is 1.10 bits per heavy atom. The van der Waals surface area contributed by atoms with E-state index in [-0.39, 0.29) is 24.3 Å². The van der Waals surface area contributed by atoms with Gasteiger partial charge < -0.3 is 19.9 Å². The van der Waals surface area contributed by atoms with Gasteiger partial charge in [-0.05, 0) is 56.2 Å². The average molecular weight is 440 g/mol. The maximum atomic E-state index is 13.3. The van der Waals surface area contributed by atoms with Crippen molar-refractivity contribution in [3.63, 3.8) is 0 Å². The third-order valence-corrected chi connectivity index (χ3v) is 6.52. The second-order valence-corrected chi connectivity index (χ2v) is 8.57. The molecule has 0 spiro atoms. The van der Waals surface area contributed by atoms with Gasteiger partial charge in [0.2, 0.25) is 11.8 Å². The maximum absolute atomic E-state index is 13.3. The van der Waals surface area contributed by atoms with Crippen LogP contribution in [-0.2, 0) is 14.4 Å². The van der Waals surface area contributed by atoms with Gasteiger partial charge in [-0.2, -0.15) is 0 Å². The Morgan fingerprint density at radius 3 is 2.52 bits per heavy atom. The van der Waals surface area contributed by atoms with Gasteiger partial charge in [-0.25, -0.2) is 0 Å². The summed E-state index contributed by atoms with van der Waals surface area (Å²) in [6, 6.07) is 14.5. The smallest absolute Gasteiger partial charge is 0.250 e. The summed E-state index contributed by atoms with van der Waals surface area (Å²) in [6.45, 7) is 3.68. The highest BCUT2D eigenvalue weighted by Gasteiger charge is 2.41. The van der Waals surface area contributed by atoms with E-state index in [1.807, 2.05) is 25.1 Å². The first-order valence-corrected chi connectivity index (χ1v) is 11.3. The average Bonchev–Trinajstić information content (AvgIpc) is 3.31. The molecule has 0 saturated carbocycles. The highest BCUT2D eigenvalue weighted by Crippen LogP contribution is 2.40. The molecule has 1 fully saturated rings. The normalized spacial score (nSPS) is 18.0. The fourth-order valence-electron chi connectivity index (χ4n) is 3.79. The third kappa shape index (κ3) is 4.69. The van der Waals surface area contributed by atoms with Crippen molar-refractivity contribution in [3.05, 3.63) is 48.5 Å². The van der Waals surface area contributed by atoms with Crippen LogP contribution in [-0.4, -0.2) is 54.1 Å². The summed E-state index contributed by atoms with van der Waals surface area (Å²) >= 11 is 1.27. The van der Waals surface area contributed by atoms with Crippen molar-refractivity contribution in [2.24, 2.45) is 0 Å². The second kappa shape index (κ2) is 9.43. The molecule has 0 unspecified atom stereocenters. The monoisotopic (exact) mass is 439 g/mol. The van der Waals surface area contributed by atoms with Gasteiger partial charge in [0.1, 0.15) is 12.3 Å². The fraction of sp³-hybridized carbons (Fsp3) is 0.348. The van der Waals surface area contributed by atoms with Crippen LogP contribution < -0.4 is 15.0 Å². The van der Waals surface area contributed by atoms with Crippen LogP contribution in [0, 0.1) is 0 Å². The molecule has 2 aliphatic heterocycles. The summed E-state index contributed by atoms with van der Waals surface area (Å²) in [6.07, 6.45) is 1.92. The van der Waals surface area contributed by atoms with E-state index in [2.05, 4.69) is 5.32 Å². The van der Waals surface area contributed by atoms with Crippen molar-refractivity contribution in [1.29, 1.82) is 0 Å². The number of para-hydroxylation sites is 1. The summed E-state index contributed by atoms with van der Waals surface area (Å²) in [7, 11) is 0. The van der Waals surface area contributed by atoms with Crippen molar-refractivity contribution in [2.75, 3.05) is 36.5 Å². The minimum atomic E-state index is -0.855. The Morgan fingerprint density at radius 2 is 1.81 bits per heavy atom. The molecule has 1 atom stereocenters. The summed E-state index contributed by atoms with van der Waals surface area (Å²) in [4.78, 5) is 43.0. The van der Waals surface area contributed by atoms with Crippen molar-refractivity contribution in [1.82, 2.24) is 4.90 Å². The van der Waals surface area contributed by atoms with Crippen LogP contribution in [0.3, 0.4) is 0 Å². The molecule has 0 aliphatic carbocycles. The van der Waals surface area contributed by atoms with E-state index in [0.29, 0.717) is 31.1 Å². The molecule has 0 radical (unpaired) electrons. The molecule has 2 aromatic rings. The number of anilines is 2. The first kappa shape index (κ1) is 21.2. The number of carbonyl (C=O) groups is 3. The van der Waals surface area contributed by atoms with Crippen LogP contribution in [0.15, 0.2) is 53.4 Å². The first-order valence-electron chi connectivity index (χ1n) is 10.5. The number of ether oxygens (including phenoxy) is 1. The van der Waals surface area contributed by atoms with Gasteiger partial charge in [0.05, 0.1) is 12.3 Å². The van der Waals surface area contributed by atoms with Crippen LogP contribution in [0.2, 0.25) is 0 Å². The Balaban J connectivity index is 1.50. The topological polar surface area (TPSA) is 79.0 Å². The van der Waals surface area contributed by atoms with Crippen LogP contribution in [0.5, 0.6) is 5.75 Å². The van der Waals surface area contributed by atoms with E-state index in [1.165, 1.54) is 16.7 Å². The number of carbonyl (C=O) groups excluding carboxylic acids is 3. The molecule has 0 aromatic heterocycles. The van der Waals surface area contributed by atoms with Gasteiger partial charge in [-0.3, -0.25) is 14.4 Å². The zero-order valence-corrected chi connectivity index (χ0v) is 18.2. The quantitative estimate of drug-likeness (QED) is 0.700. The standard InChI is InChI=1S/C23H25N3O4S/c1-2-30-17-11-9-16(10-12-17)24-20(27)15-26-18-7-3-4-8-19(18)31-21(23(26)29)22(28)25-13-5-6-14-25/h3-4,7-12,21H,2,5-6,13-15H2,1H3,(H,24,27)/t21-/m0/s1. The molecule has 31 heavy (non-hydrogen) atoms. The van der Waals surface area contributed by atoms with Crippen molar-refractivity contribution < 1.29 is 19.1 Å². The Bertz CT molecular complexity index is 973. The predicted molar refractivity (Wildman–Crippen MR) is 120 cm³/mol. The number of rotatable bonds is 6. The number of fused-ring (bicyclic) bond motifs is 1. The molecule has 2 aliphatic rings. The Labute approximate surface area is 185 Å². The molecular weight excluding hydrogens is 414 g/mol. The molecule has 3 amide bonds. The van der Waals surface area contributed by atoms with E-state index in [0.717, 1.165) is 23.5 Å². The second-order valence-electron chi connectivity index (χ2n) is 7.43.